The normalized spacial score (nSPS) is 14.0. The van der Waals surface area contributed by atoms with Gasteiger partial charge in [-0.3, -0.25) is 13.9 Å². The minimum atomic E-state index is -4.02. The predicted molar refractivity (Wildman–Crippen MR) is 140 cm³/mol. The molecule has 0 atom stereocenters. The third kappa shape index (κ3) is 4.12. The van der Waals surface area contributed by atoms with Crippen LogP contribution in [-0.4, -0.2) is 30.4 Å². The first-order valence-electron chi connectivity index (χ1n) is 11.1. The van der Waals surface area contributed by atoms with Crippen LogP contribution in [0.25, 0.3) is 16.6 Å². The molecule has 3 N–H and O–H groups in total. The van der Waals surface area contributed by atoms with Gasteiger partial charge in [0.2, 0.25) is 5.91 Å². The van der Waals surface area contributed by atoms with E-state index in [0.717, 1.165) is 34.3 Å². The van der Waals surface area contributed by atoms with Gasteiger partial charge in [-0.05, 0) is 48.6 Å². The zero-order valence-electron chi connectivity index (χ0n) is 18.9. The Balaban J connectivity index is 1.67. The molecule has 186 valence electrons. The molecule has 0 saturated carbocycles. The van der Waals surface area contributed by atoms with Gasteiger partial charge < -0.3 is 10.7 Å². The fourth-order valence-corrected chi connectivity index (χ4v) is 7.87. The van der Waals surface area contributed by atoms with Crippen molar-refractivity contribution in [3.63, 3.8) is 0 Å². The third-order valence-electron chi connectivity index (χ3n) is 6.13. The Morgan fingerprint density at radius 1 is 1.08 bits per heavy atom. The van der Waals surface area contributed by atoms with Crippen molar-refractivity contribution < 1.29 is 13.2 Å². The molecule has 1 aliphatic heterocycles. The van der Waals surface area contributed by atoms with Gasteiger partial charge in [0, 0.05) is 6.54 Å². The standard InChI is InChI=1S/C24H21ClN4O5S2/c25-22-18(29-23(31)21-15(12-19(26)30)8-5-9-16(21)27-24(29)32)13-20(35-22)36(33,34)28-11-4-3-7-14-6-1-2-10-17(14)28/h1-2,5-6,8-10,13H,3-4,7,11-12H2,(H2,26,30)(H,27,32). The lowest BCUT2D eigenvalue weighted by molar-refractivity contribution is -0.117. The number of amides is 1. The van der Waals surface area contributed by atoms with E-state index in [1.165, 1.54) is 16.4 Å². The Hall–Kier alpha value is -3.41. The molecule has 0 aliphatic carbocycles. The van der Waals surface area contributed by atoms with Crippen LogP contribution < -0.4 is 21.3 Å². The molecule has 0 spiro atoms. The van der Waals surface area contributed by atoms with E-state index in [1.807, 2.05) is 12.1 Å². The fraction of sp³-hybridized carbons (Fsp3) is 0.208. The number of nitrogens with two attached hydrogens (primary N) is 1. The van der Waals surface area contributed by atoms with Crippen LogP contribution in [0.3, 0.4) is 0 Å². The number of anilines is 1. The first-order valence-corrected chi connectivity index (χ1v) is 13.8. The number of aromatic nitrogens is 2. The minimum absolute atomic E-state index is 0.0315. The Kier molecular flexibility index (Phi) is 6.23. The number of sulfonamides is 1. The van der Waals surface area contributed by atoms with Crippen molar-refractivity contribution in [3.05, 3.63) is 84.8 Å². The van der Waals surface area contributed by atoms with E-state index in [2.05, 4.69) is 4.98 Å². The van der Waals surface area contributed by atoms with Gasteiger partial charge in [0.1, 0.15) is 8.55 Å². The molecule has 9 nitrogen and oxygen atoms in total. The van der Waals surface area contributed by atoms with Crippen molar-refractivity contribution in [2.75, 3.05) is 10.8 Å². The topological polar surface area (TPSA) is 135 Å². The molecule has 0 bridgehead atoms. The SMILES string of the molecule is NC(=O)Cc1cccc2[nH]c(=O)n(-c3cc(S(=O)(=O)N4CCCCc5ccccc54)sc3Cl)c(=O)c12. The number of primary amides is 1. The number of aromatic amines is 1. The summed E-state index contributed by atoms with van der Waals surface area (Å²) >= 11 is 7.20. The number of nitrogens with zero attached hydrogens (tertiary/aromatic N) is 2. The highest BCUT2D eigenvalue weighted by Crippen LogP contribution is 2.37. The number of rotatable bonds is 5. The minimum Gasteiger partial charge on any atom is -0.369 e. The van der Waals surface area contributed by atoms with E-state index < -0.39 is 27.2 Å². The zero-order valence-corrected chi connectivity index (χ0v) is 21.3. The van der Waals surface area contributed by atoms with Crippen LogP contribution in [-0.2, 0) is 27.7 Å². The summed E-state index contributed by atoms with van der Waals surface area (Å²) in [5.74, 6) is -0.640. The maximum absolute atomic E-state index is 13.7. The number of thiophene rings is 1. The number of carbonyl (C=O) groups is 1. The summed E-state index contributed by atoms with van der Waals surface area (Å²) in [6.45, 7) is 0.303. The van der Waals surface area contributed by atoms with Crippen molar-refractivity contribution in [1.82, 2.24) is 9.55 Å². The van der Waals surface area contributed by atoms with Gasteiger partial charge in [-0.15, -0.1) is 11.3 Å². The summed E-state index contributed by atoms with van der Waals surface area (Å²) in [7, 11) is -4.02. The van der Waals surface area contributed by atoms with Crippen LogP contribution in [0.2, 0.25) is 4.34 Å². The Bertz CT molecular complexity index is 1740. The Morgan fingerprint density at radius 3 is 2.64 bits per heavy atom. The molecule has 1 amide bonds. The van der Waals surface area contributed by atoms with Gasteiger partial charge in [0.05, 0.1) is 28.7 Å². The lowest BCUT2D eigenvalue weighted by atomic mass is 10.1. The summed E-state index contributed by atoms with van der Waals surface area (Å²) < 4.78 is 29.5. The molecule has 3 heterocycles. The van der Waals surface area contributed by atoms with Crippen LogP contribution in [0.5, 0.6) is 0 Å². The maximum atomic E-state index is 13.7. The summed E-state index contributed by atoms with van der Waals surface area (Å²) in [6, 6.07) is 13.3. The van der Waals surface area contributed by atoms with Crippen LogP contribution in [0.15, 0.2) is 62.3 Å². The summed E-state index contributed by atoms with van der Waals surface area (Å²) in [5, 5.41) is 0.101. The quantitative estimate of drug-likeness (QED) is 0.398. The van der Waals surface area contributed by atoms with E-state index in [-0.39, 0.29) is 31.6 Å². The molecule has 2 aromatic carbocycles. The monoisotopic (exact) mass is 544 g/mol. The molecule has 2 aromatic heterocycles. The first-order chi connectivity index (χ1) is 17.2. The number of nitrogens with one attached hydrogen (secondary N) is 1. The van der Waals surface area contributed by atoms with Crippen molar-refractivity contribution in [1.29, 1.82) is 0 Å². The molecule has 4 aromatic rings. The zero-order chi connectivity index (χ0) is 25.6. The van der Waals surface area contributed by atoms with Gasteiger partial charge in [-0.25, -0.2) is 17.8 Å². The van der Waals surface area contributed by atoms with E-state index in [4.69, 9.17) is 17.3 Å². The Morgan fingerprint density at radius 2 is 1.86 bits per heavy atom. The smallest absolute Gasteiger partial charge is 0.333 e. The summed E-state index contributed by atoms with van der Waals surface area (Å²) in [5.41, 5.74) is 5.89. The highest BCUT2D eigenvalue weighted by Gasteiger charge is 2.31. The highest BCUT2D eigenvalue weighted by molar-refractivity contribution is 7.94. The van der Waals surface area contributed by atoms with Gasteiger partial charge in [0.15, 0.2) is 0 Å². The largest absolute Gasteiger partial charge is 0.369 e. The van der Waals surface area contributed by atoms with Gasteiger partial charge in [0.25, 0.3) is 15.6 Å². The van der Waals surface area contributed by atoms with E-state index in [0.29, 0.717) is 24.2 Å². The summed E-state index contributed by atoms with van der Waals surface area (Å²) in [4.78, 5) is 40.5. The van der Waals surface area contributed by atoms with Crippen LogP contribution in [0, 0.1) is 0 Å². The first kappa shape index (κ1) is 24.3. The number of para-hydroxylation sites is 1. The van der Waals surface area contributed by atoms with E-state index in [9.17, 15) is 22.8 Å². The molecular weight excluding hydrogens is 524 g/mol. The van der Waals surface area contributed by atoms with Gasteiger partial charge in [-0.2, -0.15) is 0 Å². The second-order valence-electron chi connectivity index (χ2n) is 8.44. The number of benzene rings is 2. The van der Waals surface area contributed by atoms with Gasteiger partial charge in [-0.1, -0.05) is 41.9 Å². The molecule has 1 aliphatic rings. The molecule has 0 radical (unpaired) electrons. The average Bonchev–Trinajstić information content (AvgIpc) is 3.07. The lowest BCUT2D eigenvalue weighted by Gasteiger charge is -2.23. The van der Waals surface area contributed by atoms with E-state index >= 15 is 0 Å². The number of hydrogen-bond acceptors (Lipinski definition) is 6. The van der Waals surface area contributed by atoms with Crippen molar-refractivity contribution in [3.8, 4) is 5.69 Å². The number of aryl methyl sites for hydroxylation is 1. The number of fused-ring (bicyclic) bond motifs is 2. The number of halogens is 1. The van der Waals surface area contributed by atoms with Crippen LogP contribution in [0.4, 0.5) is 5.69 Å². The third-order valence-corrected chi connectivity index (χ3v) is 9.73. The molecule has 0 saturated heterocycles. The molecule has 36 heavy (non-hydrogen) atoms. The second-order valence-corrected chi connectivity index (χ2v) is 12.2. The van der Waals surface area contributed by atoms with Crippen LogP contribution >= 0.6 is 22.9 Å². The highest BCUT2D eigenvalue weighted by atomic mass is 35.5. The molecule has 5 rings (SSSR count). The molecule has 0 fully saturated rings. The van der Waals surface area contributed by atoms with Gasteiger partial charge >= 0.3 is 5.69 Å². The predicted octanol–water partition coefficient (Wildman–Crippen LogP) is 2.95. The molecule has 0 unspecified atom stereocenters. The maximum Gasteiger partial charge on any atom is 0.333 e. The second kappa shape index (κ2) is 9.23. The number of carbonyl (C=O) groups excluding carboxylic acids is 1. The van der Waals surface area contributed by atoms with E-state index in [1.54, 1.807) is 24.3 Å². The summed E-state index contributed by atoms with van der Waals surface area (Å²) in [6.07, 6.45) is 2.11. The van der Waals surface area contributed by atoms with Crippen molar-refractivity contribution in [2.45, 2.75) is 29.9 Å². The number of hydrogen-bond donors (Lipinski definition) is 2. The molecular formula is C24H21ClN4O5S2. The van der Waals surface area contributed by atoms with Crippen LogP contribution in [0.1, 0.15) is 24.0 Å². The Labute approximate surface area is 214 Å². The number of H-pyrrole nitrogens is 1. The molecule has 12 heteroatoms. The van der Waals surface area contributed by atoms with Crippen molar-refractivity contribution in [2.24, 2.45) is 5.73 Å². The lowest BCUT2D eigenvalue weighted by Crippen LogP contribution is -2.34. The average molecular weight is 545 g/mol. The fourth-order valence-electron chi connectivity index (χ4n) is 4.52. The van der Waals surface area contributed by atoms with Crippen molar-refractivity contribution >= 4 is 55.5 Å².